The van der Waals surface area contributed by atoms with Gasteiger partial charge in [0.05, 0.1) is 5.56 Å². The Balaban J connectivity index is 1.65. The van der Waals surface area contributed by atoms with Crippen molar-refractivity contribution in [3.05, 3.63) is 123 Å². The van der Waals surface area contributed by atoms with Gasteiger partial charge in [0, 0.05) is 52.1 Å². The third kappa shape index (κ3) is 7.14. The van der Waals surface area contributed by atoms with E-state index in [1.165, 1.54) is 54.6 Å². The van der Waals surface area contributed by atoms with Crippen LogP contribution in [0.1, 0.15) is 82.0 Å². The molecule has 1 aliphatic carbocycles. The zero-order chi connectivity index (χ0) is 36.4. The zero-order valence-electron chi connectivity index (χ0n) is 27.6. The first-order valence-corrected chi connectivity index (χ1v) is 15.9. The van der Waals surface area contributed by atoms with Crippen LogP contribution in [-0.2, 0) is 6.42 Å². The van der Waals surface area contributed by atoms with Gasteiger partial charge in [-0.15, -0.1) is 0 Å². The Bertz CT molecular complexity index is 2060. The number of allylic oxidation sites excluding steroid dienone is 5. The zero-order valence-corrected chi connectivity index (χ0v) is 27.6. The molecule has 4 aromatic carbocycles. The fourth-order valence-electron chi connectivity index (χ4n) is 6.50. The number of hydrogen-bond acceptors (Lipinski definition) is 10. The molecule has 0 bridgehead atoms. The van der Waals surface area contributed by atoms with Crippen LogP contribution < -0.4 is 0 Å². The van der Waals surface area contributed by atoms with E-state index < -0.39 is 40.8 Å². The van der Waals surface area contributed by atoms with Gasteiger partial charge in [-0.1, -0.05) is 29.4 Å². The van der Waals surface area contributed by atoms with Gasteiger partial charge in [-0.3, -0.25) is 9.59 Å². The molecule has 10 heteroatoms. The first kappa shape index (κ1) is 35.2. The van der Waals surface area contributed by atoms with Gasteiger partial charge in [0.15, 0.2) is 11.6 Å². The van der Waals surface area contributed by atoms with E-state index in [9.17, 15) is 50.4 Å². The highest BCUT2D eigenvalue weighted by molar-refractivity contribution is 6.09. The Morgan fingerprint density at radius 2 is 1.40 bits per heavy atom. The van der Waals surface area contributed by atoms with Crippen LogP contribution in [0, 0.1) is 5.92 Å². The number of benzene rings is 4. The number of rotatable bonds is 9. The standard InChI is InChI=1S/C40H38O10/c1-20(2)4-9-27-34(46)16-23(17-35(27)47)39(49)37-29(26-10-8-25(42)19-36(26)48)14-21(3)15-30(37)38-32(44)13-11-28(40(38)50)31(43)12-6-22-5-7-24(41)18-33(22)45/h4-8,10-13,15-19,29-30,37,41-42,44-48,50H,9,14H2,1-3H3/b12-6+/t29-,30+,37-/m1/s1. The van der Waals surface area contributed by atoms with E-state index in [1.54, 1.807) is 13.0 Å². The lowest BCUT2D eigenvalue weighted by atomic mass is 9.65. The maximum absolute atomic E-state index is 14.6. The Morgan fingerprint density at radius 1 is 0.760 bits per heavy atom. The van der Waals surface area contributed by atoms with Crippen molar-refractivity contribution in [3.63, 3.8) is 0 Å². The molecule has 0 unspecified atom stereocenters. The number of aromatic hydroxyl groups is 8. The summed E-state index contributed by atoms with van der Waals surface area (Å²) in [5.41, 5.74) is 2.04. The minimum Gasteiger partial charge on any atom is -0.508 e. The summed E-state index contributed by atoms with van der Waals surface area (Å²) in [5, 5.41) is 85.2. The van der Waals surface area contributed by atoms with Crippen LogP contribution in [0.25, 0.3) is 6.08 Å². The molecule has 0 amide bonds. The molecule has 0 fully saturated rings. The van der Waals surface area contributed by atoms with E-state index >= 15 is 0 Å². The summed E-state index contributed by atoms with van der Waals surface area (Å²) >= 11 is 0. The summed E-state index contributed by atoms with van der Waals surface area (Å²) in [7, 11) is 0. The smallest absolute Gasteiger partial charge is 0.189 e. The van der Waals surface area contributed by atoms with Crippen molar-refractivity contribution < 1.29 is 50.4 Å². The second-order valence-electron chi connectivity index (χ2n) is 12.8. The highest BCUT2D eigenvalue weighted by Crippen LogP contribution is 2.53. The number of ketones is 2. The second-order valence-corrected chi connectivity index (χ2v) is 12.8. The number of Topliss-reactive ketones (excluding diaryl/α,β-unsaturated/α-hetero) is 1. The van der Waals surface area contributed by atoms with Crippen LogP contribution in [0.4, 0.5) is 0 Å². The van der Waals surface area contributed by atoms with Gasteiger partial charge in [0.1, 0.15) is 46.0 Å². The third-order valence-corrected chi connectivity index (χ3v) is 8.97. The van der Waals surface area contributed by atoms with Gasteiger partial charge in [-0.25, -0.2) is 0 Å². The number of hydrogen-bond donors (Lipinski definition) is 8. The molecule has 0 heterocycles. The lowest BCUT2D eigenvalue weighted by Crippen LogP contribution is -2.31. The SMILES string of the molecule is CC(C)=CCc1c(O)cc(C(=O)[C@H]2[C@@H](c3c(O)ccc(C(=O)/C=C/c4ccc(O)cc4O)c3O)C=C(C)C[C@@H]2c2ccc(O)cc2O)cc1O. The molecular formula is C40H38O10. The second kappa shape index (κ2) is 14.1. The van der Waals surface area contributed by atoms with E-state index in [1.807, 2.05) is 19.9 Å². The highest BCUT2D eigenvalue weighted by atomic mass is 16.3. The Hall–Kier alpha value is -6.16. The van der Waals surface area contributed by atoms with Crippen LogP contribution in [0.5, 0.6) is 46.0 Å². The van der Waals surface area contributed by atoms with Crippen molar-refractivity contribution in [3.8, 4) is 46.0 Å². The van der Waals surface area contributed by atoms with Crippen LogP contribution in [-0.4, -0.2) is 52.4 Å². The van der Waals surface area contributed by atoms with Crippen molar-refractivity contribution >= 4 is 17.6 Å². The number of carbonyl (C=O) groups is 2. The highest BCUT2D eigenvalue weighted by Gasteiger charge is 2.43. The van der Waals surface area contributed by atoms with Gasteiger partial charge in [0.25, 0.3) is 0 Å². The normalized spacial score (nSPS) is 17.3. The minimum absolute atomic E-state index is 0.0602. The summed E-state index contributed by atoms with van der Waals surface area (Å²) in [5.74, 6) is -6.88. The largest absolute Gasteiger partial charge is 0.508 e. The summed E-state index contributed by atoms with van der Waals surface area (Å²) < 4.78 is 0. The quantitative estimate of drug-likeness (QED) is 0.0500. The van der Waals surface area contributed by atoms with E-state index in [2.05, 4.69) is 0 Å². The van der Waals surface area contributed by atoms with Crippen LogP contribution in [0.15, 0.2) is 90.0 Å². The molecule has 3 atom stereocenters. The van der Waals surface area contributed by atoms with E-state index in [0.717, 1.165) is 29.4 Å². The number of carbonyl (C=O) groups excluding carboxylic acids is 2. The molecular weight excluding hydrogens is 640 g/mol. The van der Waals surface area contributed by atoms with E-state index in [-0.39, 0.29) is 75.2 Å². The first-order valence-electron chi connectivity index (χ1n) is 15.9. The molecule has 10 nitrogen and oxygen atoms in total. The average molecular weight is 679 g/mol. The van der Waals surface area contributed by atoms with E-state index in [4.69, 9.17) is 0 Å². The van der Waals surface area contributed by atoms with Crippen molar-refractivity contribution in [2.45, 2.75) is 45.4 Å². The Labute approximate surface area is 288 Å². The fourth-order valence-corrected chi connectivity index (χ4v) is 6.50. The van der Waals surface area contributed by atoms with Crippen LogP contribution in [0.3, 0.4) is 0 Å². The van der Waals surface area contributed by atoms with Crippen molar-refractivity contribution in [1.82, 2.24) is 0 Å². The first-order chi connectivity index (χ1) is 23.7. The molecule has 0 saturated heterocycles. The van der Waals surface area contributed by atoms with Crippen molar-refractivity contribution in [2.75, 3.05) is 0 Å². The van der Waals surface area contributed by atoms with Gasteiger partial charge in [0.2, 0.25) is 0 Å². The molecule has 0 saturated carbocycles. The minimum atomic E-state index is -1.16. The Morgan fingerprint density at radius 3 is 2.02 bits per heavy atom. The molecule has 50 heavy (non-hydrogen) atoms. The lowest BCUT2D eigenvalue weighted by Gasteiger charge is -2.37. The van der Waals surface area contributed by atoms with Gasteiger partial charge in [-0.05, 0) is 93.8 Å². The van der Waals surface area contributed by atoms with Crippen LogP contribution in [0.2, 0.25) is 0 Å². The topological polar surface area (TPSA) is 196 Å². The number of phenols is 8. The molecule has 258 valence electrons. The van der Waals surface area contributed by atoms with Crippen molar-refractivity contribution in [1.29, 1.82) is 0 Å². The van der Waals surface area contributed by atoms with Crippen molar-refractivity contribution in [2.24, 2.45) is 5.92 Å². The Kier molecular flexibility index (Phi) is 9.94. The molecule has 5 rings (SSSR count). The molecule has 8 N–H and O–H groups in total. The monoisotopic (exact) mass is 678 g/mol. The maximum atomic E-state index is 14.6. The summed E-state index contributed by atoms with van der Waals surface area (Å²) in [4.78, 5) is 28.0. The molecule has 4 aromatic rings. The lowest BCUT2D eigenvalue weighted by molar-refractivity contribution is 0.0878. The van der Waals surface area contributed by atoms with Gasteiger partial charge >= 0.3 is 0 Å². The summed E-state index contributed by atoms with van der Waals surface area (Å²) in [6, 6.07) is 12.7. The predicted molar refractivity (Wildman–Crippen MR) is 187 cm³/mol. The molecule has 1 aliphatic rings. The summed E-state index contributed by atoms with van der Waals surface area (Å²) in [6.45, 7) is 5.52. The summed E-state index contributed by atoms with van der Waals surface area (Å²) in [6.07, 6.45) is 6.37. The molecule has 0 spiro atoms. The predicted octanol–water partition coefficient (Wildman–Crippen LogP) is 7.45. The van der Waals surface area contributed by atoms with E-state index in [0.29, 0.717) is 5.56 Å². The average Bonchev–Trinajstić information content (AvgIpc) is 3.03. The molecule has 0 aliphatic heterocycles. The number of phenolic OH excluding ortho intramolecular Hbond substituents is 8. The third-order valence-electron chi connectivity index (χ3n) is 8.97. The van der Waals surface area contributed by atoms with Gasteiger partial charge < -0.3 is 40.9 Å². The van der Waals surface area contributed by atoms with Crippen LogP contribution >= 0.6 is 0 Å². The molecule has 0 aromatic heterocycles. The van der Waals surface area contributed by atoms with Gasteiger partial charge in [-0.2, -0.15) is 0 Å². The molecule has 0 radical (unpaired) electrons. The fraction of sp³-hybridized carbons (Fsp3) is 0.200. The maximum Gasteiger partial charge on any atom is 0.189 e.